The molecule has 1 aromatic carbocycles. The summed E-state index contributed by atoms with van der Waals surface area (Å²) in [6.07, 6.45) is -4.94. The molecule has 154 valence electrons. The molecule has 0 fully saturated rings. The van der Waals surface area contributed by atoms with Crippen LogP contribution < -0.4 is 4.74 Å². The third kappa shape index (κ3) is 5.51. The molecule has 2 rings (SSSR count). The first-order chi connectivity index (χ1) is 13.0. The highest BCUT2D eigenvalue weighted by Gasteiger charge is 2.40. The van der Waals surface area contributed by atoms with E-state index in [1.54, 1.807) is 12.1 Å². The van der Waals surface area contributed by atoms with Crippen molar-refractivity contribution in [3.8, 4) is 5.88 Å². The van der Waals surface area contributed by atoms with Gasteiger partial charge in [-0.2, -0.15) is 22.7 Å². The van der Waals surface area contributed by atoms with Crippen LogP contribution in [-0.2, 0) is 18.1 Å². The Kier molecular flexibility index (Phi) is 7.16. The molecule has 0 saturated heterocycles. The van der Waals surface area contributed by atoms with Gasteiger partial charge in [-0.25, -0.2) is 4.68 Å². The van der Waals surface area contributed by atoms with Crippen molar-refractivity contribution in [3.05, 3.63) is 45.3 Å². The van der Waals surface area contributed by atoms with Gasteiger partial charge in [0.05, 0.1) is 5.02 Å². The average Bonchev–Trinajstić information content (AvgIpc) is 2.86. The van der Waals surface area contributed by atoms with E-state index in [0.29, 0.717) is 15.3 Å². The maximum atomic E-state index is 14.1. The summed E-state index contributed by atoms with van der Waals surface area (Å²) >= 11 is 12.0. The van der Waals surface area contributed by atoms with Gasteiger partial charge in [0, 0.05) is 17.6 Å². The smallest absolute Gasteiger partial charge is 0.438 e. The molecule has 5 nitrogen and oxygen atoms in total. The second-order valence-electron chi connectivity index (χ2n) is 6.23. The lowest BCUT2D eigenvalue weighted by atomic mass is 10.1. The highest BCUT2D eigenvalue weighted by Crippen LogP contribution is 2.34. The van der Waals surface area contributed by atoms with E-state index in [1.807, 2.05) is 13.8 Å². The van der Waals surface area contributed by atoms with E-state index in [4.69, 9.17) is 32.8 Å². The summed E-state index contributed by atoms with van der Waals surface area (Å²) in [7, 11) is 1.13. The van der Waals surface area contributed by atoms with Crippen LogP contribution in [0.2, 0.25) is 10.0 Å². The Bertz CT molecular complexity index is 867. The second kappa shape index (κ2) is 9.00. The van der Waals surface area contributed by atoms with Crippen molar-refractivity contribution >= 4 is 28.9 Å². The molecule has 0 unspecified atom stereocenters. The topological polar surface area (TPSA) is 48.6 Å². The van der Waals surface area contributed by atoms with Gasteiger partial charge in [0.2, 0.25) is 17.4 Å². The van der Waals surface area contributed by atoms with Crippen LogP contribution in [0.3, 0.4) is 0 Å². The zero-order valence-corrected chi connectivity index (χ0v) is 16.7. The number of hydrogen-bond donors (Lipinski definition) is 0. The average molecular weight is 442 g/mol. The van der Waals surface area contributed by atoms with E-state index in [2.05, 4.69) is 10.3 Å². The van der Waals surface area contributed by atoms with Crippen LogP contribution in [0.25, 0.3) is 0 Å². The quantitative estimate of drug-likeness (QED) is 0.331. The van der Waals surface area contributed by atoms with Crippen molar-refractivity contribution < 1.29 is 27.1 Å². The Morgan fingerprint density at radius 2 is 1.96 bits per heavy atom. The van der Waals surface area contributed by atoms with Gasteiger partial charge in [-0.1, -0.05) is 42.2 Å². The number of halogens is 6. The number of hydrogen-bond acceptors (Lipinski definition) is 4. The molecular formula is C17H17Cl2F4N3O2. The summed E-state index contributed by atoms with van der Waals surface area (Å²) in [6.45, 7) is 3.69. The van der Waals surface area contributed by atoms with Gasteiger partial charge in [0.15, 0.2) is 0 Å². The Labute approximate surface area is 168 Å². The van der Waals surface area contributed by atoms with E-state index >= 15 is 0 Å². The van der Waals surface area contributed by atoms with Crippen molar-refractivity contribution in [1.82, 2.24) is 9.78 Å². The van der Waals surface area contributed by atoms with E-state index in [1.165, 1.54) is 6.07 Å². The van der Waals surface area contributed by atoms with Crippen LogP contribution in [0.15, 0.2) is 23.4 Å². The maximum Gasteiger partial charge on any atom is 0.438 e. The van der Waals surface area contributed by atoms with Crippen LogP contribution in [0, 0.1) is 11.7 Å². The highest BCUT2D eigenvalue weighted by atomic mass is 35.5. The summed E-state index contributed by atoms with van der Waals surface area (Å²) < 4.78 is 58.4. The minimum atomic E-state index is -4.94. The number of nitrogens with zero attached hydrogens (tertiary/aromatic N) is 3. The molecule has 28 heavy (non-hydrogen) atoms. The molecular weight excluding hydrogens is 425 g/mol. The Balaban J connectivity index is 2.30. The van der Waals surface area contributed by atoms with Crippen molar-refractivity contribution in [1.29, 1.82) is 0 Å². The first kappa shape index (κ1) is 22.3. The van der Waals surface area contributed by atoms with Gasteiger partial charge in [0.1, 0.15) is 18.9 Å². The molecule has 2 aromatic rings. The first-order valence-corrected chi connectivity index (χ1v) is 8.83. The van der Waals surface area contributed by atoms with Crippen LogP contribution in [0.5, 0.6) is 5.88 Å². The molecule has 0 aliphatic carbocycles. The molecule has 0 saturated carbocycles. The van der Waals surface area contributed by atoms with Crippen LogP contribution in [0.1, 0.15) is 25.1 Å². The normalized spacial score (nSPS) is 12.6. The number of benzene rings is 1. The van der Waals surface area contributed by atoms with E-state index in [-0.39, 0.29) is 23.3 Å². The summed E-state index contributed by atoms with van der Waals surface area (Å²) in [4.78, 5) is 5.23. The number of alkyl halides is 3. The number of ether oxygens (including phenoxy) is 1. The SMILES string of the molecule is CC(C)CO/N=C(\COc1c(F)c(C(F)(F)F)nn1C)c1ccc(Cl)cc1Cl. The lowest BCUT2D eigenvalue weighted by molar-refractivity contribution is -0.143. The third-order valence-corrected chi connectivity index (χ3v) is 3.93. The molecule has 1 heterocycles. The summed E-state index contributed by atoms with van der Waals surface area (Å²) in [5.41, 5.74) is -1.13. The summed E-state index contributed by atoms with van der Waals surface area (Å²) in [5.74, 6) is -2.12. The monoisotopic (exact) mass is 441 g/mol. The van der Waals surface area contributed by atoms with E-state index in [9.17, 15) is 17.6 Å². The molecule has 0 spiro atoms. The van der Waals surface area contributed by atoms with E-state index in [0.717, 1.165) is 7.05 Å². The van der Waals surface area contributed by atoms with Crippen molar-refractivity contribution in [3.63, 3.8) is 0 Å². The number of oxime groups is 1. The Morgan fingerprint density at radius 1 is 1.29 bits per heavy atom. The minimum absolute atomic E-state index is 0.150. The highest BCUT2D eigenvalue weighted by molar-refractivity contribution is 6.37. The van der Waals surface area contributed by atoms with Gasteiger partial charge in [0.25, 0.3) is 0 Å². The van der Waals surface area contributed by atoms with Gasteiger partial charge in [-0.15, -0.1) is 0 Å². The first-order valence-electron chi connectivity index (χ1n) is 8.07. The largest absolute Gasteiger partial charge is 0.469 e. The Morgan fingerprint density at radius 3 is 2.50 bits per heavy atom. The van der Waals surface area contributed by atoms with E-state index < -0.39 is 30.2 Å². The molecule has 1 aromatic heterocycles. The van der Waals surface area contributed by atoms with Crippen molar-refractivity contribution in [2.75, 3.05) is 13.2 Å². The summed E-state index contributed by atoms with van der Waals surface area (Å²) in [5, 5.41) is 7.67. The molecule has 0 aliphatic rings. The molecule has 0 N–H and O–H groups in total. The number of rotatable bonds is 7. The van der Waals surface area contributed by atoms with Gasteiger partial charge in [-0.05, 0) is 24.1 Å². The lowest BCUT2D eigenvalue weighted by Gasteiger charge is -2.12. The van der Waals surface area contributed by atoms with Gasteiger partial charge < -0.3 is 9.57 Å². The van der Waals surface area contributed by atoms with Gasteiger partial charge >= 0.3 is 6.18 Å². The standard InChI is InChI=1S/C17H17Cl2F4N3O2/c1-9(2)7-28-25-13(11-5-4-10(18)6-12(11)19)8-27-16-14(20)15(17(21,22)23)24-26(16)3/h4-6,9H,7-8H2,1-3H3/b25-13+. The predicted molar refractivity (Wildman–Crippen MR) is 97.5 cm³/mol. The minimum Gasteiger partial charge on any atom is -0.469 e. The van der Waals surface area contributed by atoms with Crippen LogP contribution in [-0.4, -0.2) is 28.7 Å². The zero-order valence-electron chi connectivity index (χ0n) is 15.1. The molecule has 0 amide bonds. The lowest BCUT2D eigenvalue weighted by Crippen LogP contribution is -2.16. The fourth-order valence-electron chi connectivity index (χ4n) is 2.10. The molecule has 0 atom stereocenters. The van der Waals surface area contributed by atoms with Gasteiger partial charge in [-0.3, -0.25) is 0 Å². The maximum absolute atomic E-state index is 14.1. The van der Waals surface area contributed by atoms with Crippen molar-refractivity contribution in [2.45, 2.75) is 20.0 Å². The molecule has 0 bridgehead atoms. The molecule has 11 heteroatoms. The number of aryl methyl sites for hydroxylation is 1. The predicted octanol–water partition coefficient (Wildman–Crippen LogP) is 5.34. The van der Waals surface area contributed by atoms with Crippen LogP contribution in [0.4, 0.5) is 17.6 Å². The molecule has 0 radical (unpaired) electrons. The fourth-order valence-corrected chi connectivity index (χ4v) is 2.62. The van der Waals surface area contributed by atoms with Crippen LogP contribution >= 0.6 is 23.2 Å². The Hall–Kier alpha value is -2.00. The summed E-state index contributed by atoms with van der Waals surface area (Å²) in [6, 6.07) is 4.56. The number of aromatic nitrogens is 2. The molecule has 0 aliphatic heterocycles. The fraction of sp³-hybridized carbons (Fsp3) is 0.412. The second-order valence-corrected chi connectivity index (χ2v) is 7.07. The third-order valence-electron chi connectivity index (χ3n) is 3.38. The van der Waals surface area contributed by atoms with Crippen molar-refractivity contribution in [2.24, 2.45) is 18.1 Å². The zero-order chi connectivity index (χ0) is 21.1.